The predicted octanol–water partition coefficient (Wildman–Crippen LogP) is 0.754. The number of likely N-dealkylation sites (N-methyl/N-ethyl adjacent to an activating group) is 1. The Labute approximate surface area is 114 Å². The second kappa shape index (κ2) is 6.63. The molecular weight excluding hydrogens is 240 g/mol. The lowest BCUT2D eigenvalue weighted by molar-refractivity contribution is 0.0943. The molecule has 0 aromatic carbocycles. The molecule has 0 spiro atoms. The van der Waals surface area contributed by atoms with Gasteiger partial charge in [-0.25, -0.2) is 0 Å². The Bertz CT molecular complexity index is 414. The molecule has 0 unspecified atom stereocenters. The van der Waals surface area contributed by atoms with Crippen LogP contribution in [0.25, 0.3) is 0 Å². The van der Waals surface area contributed by atoms with Crippen LogP contribution in [0.15, 0.2) is 18.3 Å². The minimum absolute atomic E-state index is 0.115. The van der Waals surface area contributed by atoms with Crippen LogP contribution in [-0.2, 0) is 6.54 Å². The summed E-state index contributed by atoms with van der Waals surface area (Å²) in [5.41, 5.74) is 6.88. The van der Waals surface area contributed by atoms with Gasteiger partial charge in [-0.2, -0.15) is 0 Å². The lowest BCUT2D eigenvalue weighted by Crippen LogP contribution is -2.36. The highest BCUT2D eigenvalue weighted by atomic mass is 16.1. The number of hydrogen-bond acceptors (Lipinski definition) is 4. The summed E-state index contributed by atoms with van der Waals surface area (Å²) in [5.74, 6) is -0.115. The van der Waals surface area contributed by atoms with Crippen molar-refractivity contribution in [3.8, 4) is 0 Å². The maximum atomic E-state index is 11.9. The van der Waals surface area contributed by atoms with Gasteiger partial charge in [-0.1, -0.05) is 13.0 Å². The van der Waals surface area contributed by atoms with Gasteiger partial charge in [-0.15, -0.1) is 0 Å². The van der Waals surface area contributed by atoms with E-state index in [2.05, 4.69) is 22.1 Å². The zero-order valence-electron chi connectivity index (χ0n) is 11.4. The van der Waals surface area contributed by atoms with Gasteiger partial charge in [-0.05, 0) is 31.0 Å². The van der Waals surface area contributed by atoms with Crippen molar-refractivity contribution in [3.63, 3.8) is 0 Å². The van der Waals surface area contributed by atoms with Gasteiger partial charge in [0, 0.05) is 31.9 Å². The zero-order chi connectivity index (χ0) is 13.7. The van der Waals surface area contributed by atoms with E-state index >= 15 is 0 Å². The Morgan fingerprint density at radius 2 is 2.32 bits per heavy atom. The van der Waals surface area contributed by atoms with Crippen molar-refractivity contribution in [2.45, 2.75) is 32.4 Å². The summed E-state index contributed by atoms with van der Waals surface area (Å²) in [4.78, 5) is 18.4. The third-order valence-electron chi connectivity index (χ3n) is 3.45. The van der Waals surface area contributed by atoms with Gasteiger partial charge in [0.25, 0.3) is 5.91 Å². The number of amides is 1. The van der Waals surface area contributed by atoms with E-state index in [1.54, 1.807) is 12.3 Å². The van der Waals surface area contributed by atoms with E-state index in [-0.39, 0.29) is 5.91 Å². The minimum atomic E-state index is -0.115. The number of nitrogens with two attached hydrogens (primary N) is 1. The van der Waals surface area contributed by atoms with Crippen molar-refractivity contribution in [3.05, 3.63) is 29.6 Å². The van der Waals surface area contributed by atoms with Crippen LogP contribution in [0, 0.1) is 0 Å². The maximum absolute atomic E-state index is 11.9. The second-order valence-electron chi connectivity index (χ2n) is 4.87. The Morgan fingerprint density at radius 1 is 1.53 bits per heavy atom. The molecule has 1 fully saturated rings. The molecule has 3 N–H and O–H groups in total. The second-order valence-corrected chi connectivity index (χ2v) is 4.87. The summed E-state index contributed by atoms with van der Waals surface area (Å²) in [6.07, 6.45) is 4.24. The molecule has 5 nitrogen and oxygen atoms in total. The first-order valence-electron chi connectivity index (χ1n) is 6.91. The number of rotatable bonds is 7. The molecular formula is C14H22N4O. The number of carbonyl (C=O) groups excluding carboxylic acids is 1. The molecule has 5 heteroatoms. The van der Waals surface area contributed by atoms with Crippen molar-refractivity contribution < 1.29 is 4.79 Å². The summed E-state index contributed by atoms with van der Waals surface area (Å²) >= 11 is 0. The van der Waals surface area contributed by atoms with Crippen molar-refractivity contribution >= 4 is 5.91 Å². The molecule has 1 aliphatic carbocycles. The summed E-state index contributed by atoms with van der Waals surface area (Å²) in [6.45, 7) is 5.23. The van der Waals surface area contributed by atoms with E-state index in [0.29, 0.717) is 18.8 Å². The average molecular weight is 262 g/mol. The van der Waals surface area contributed by atoms with Crippen LogP contribution >= 0.6 is 0 Å². The molecule has 1 heterocycles. The van der Waals surface area contributed by atoms with E-state index in [0.717, 1.165) is 24.7 Å². The van der Waals surface area contributed by atoms with Crippen molar-refractivity contribution in [2.75, 3.05) is 19.6 Å². The molecule has 19 heavy (non-hydrogen) atoms. The Kier molecular flexibility index (Phi) is 4.87. The van der Waals surface area contributed by atoms with Crippen LogP contribution in [-0.4, -0.2) is 41.5 Å². The van der Waals surface area contributed by atoms with E-state index in [4.69, 9.17) is 5.73 Å². The third-order valence-corrected chi connectivity index (χ3v) is 3.45. The van der Waals surface area contributed by atoms with Gasteiger partial charge in [0.1, 0.15) is 5.69 Å². The first-order chi connectivity index (χ1) is 9.24. The van der Waals surface area contributed by atoms with Crippen LogP contribution in [0.1, 0.15) is 35.8 Å². The number of pyridine rings is 1. The topological polar surface area (TPSA) is 71.2 Å². The highest BCUT2D eigenvalue weighted by molar-refractivity contribution is 5.92. The first-order valence-corrected chi connectivity index (χ1v) is 6.91. The van der Waals surface area contributed by atoms with Gasteiger partial charge >= 0.3 is 0 Å². The molecule has 0 saturated heterocycles. The lowest BCUT2D eigenvalue weighted by atomic mass is 10.2. The number of aromatic nitrogens is 1. The zero-order valence-corrected chi connectivity index (χ0v) is 11.4. The average Bonchev–Trinajstić information content (AvgIpc) is 3.28. The number of hydrogen-bond donors (Lipinski definition) is 2. The predicted molar refractivity (Wildman–Crippen MR) is 74.7 cm³/mol. The van der Waals surface area contributed by atoms with Gasteiger partial charge in [-0.3, -0.25) is 14.7 Å². The number of nitrogens with zero attached hydrogens (tertiary/aromatic N) is 2. The highest BCUT2D eigenvalue weighted by Crippen LogP contribution is 2.25. The largest absolute Gasteiger partial charge is 0.349 e. The molecule has 0 aliphatic heterocycles. The van der Waals surface area contributed by atoms with Gasteiger partial charge in [0.2, 0.25) is 0 Å². The third kappa shape index (κ3) is 4.01. The van der Waals surface area contributed by atoms with E-state index < -0.39 is 0 Å². The van der Waals surface area contributed by atoms with Crippen molar-refractivity contribution in [1.29, 1.82) is 0 Å². The monoisotopic (exact) mass is 262 g/mol. The van der Waals surface area contributed by atoms with E-state index in [1.165, 1.54) is 12.8 Å². The minimum Gasteiger partial charge on any atom is -0.349 e. The molecule has 0 bridgehead atoms. The van der Waals surface area contributed by atoms with Crippen molar-refractivity contribution in [1.82, 2.24) is 15.2 Å². The number of carbonyl (C=O) groups is 1. The fourth-order valence-corrected chi connectivity index (χ4v) is 2.12. The SMILES string of the molecule is CCN(CCNC(=O)c1ccc(CN)cn1)C1CC1. The van der Waals surface area contributed by atoms with E-state index in [1.807, 2.05) is 6.07 Å². The molecule has 2 rings (SSSR count). The molecule has 0 atom stereocenters. The molecule has 1 saturated carbocycles. The Morgan fingerprint density at radius 3 is 2.84 bits per heavy atom. The summed E-state index contributed by atoms with van der Waals surface area (Å²) in [5, 5.41) is 2.91. The van der Waals surface area contributed by atoms with Crippen LogP contribution in [0.3, 0.4) is 0 Å². The van der Waals surface area contributed by atoms with Gasteiger partial charge in [0.15, 0.2) is 0 Å². The molecule has 1 aromatic rings. The standard InChI is InChI=1S/C14H22N4O/c1-2-18(12-4-5-12)8-7-16-14(19)13-6-3-11(9-15)10-17-13/h3,6,10,12H,2,4-5,7-9,15H2,1H3,(H,16,19). The summed E-state index contributed by atoms with van der Waals surface area (Å²) in [7, 11) is 0. The Balaban J connectivity index is 1.76. The molecule has 0 radical (unpaired) electrons. The normalized spacial score (nSPS) is 14.7. The lowest BCUT2D eigenvalue weighted by Gasteiger charge is -2.19. The summed E-state index contributed by atoms with van der Waals surface area (Å²) < 4.78 is 0. The summed E-state index contributed by atoms with van der Waals surface area (Å²) in [6, 6.07) is 4.30. The Hall–Kier alpha value is -1.46. The molecule has 104 valence electrons. The van der Waals surface area contributed by atoms with Crippen molar-refractivity contribution in [2.24, 2.45) is 5.73 Å². The molecule has 1 amide bonds. The van der Waals surface area contributed by atoms with Gasteiger partial charge in [0.05, 0.1) is 0 Å². The van der Waals surface area contributed by atoms with Gasteiger partial charge < -0.3 is 11.1 Å². The highest BCUT2D eigenvalue weighted by Gasteiger charge is 2.27. The molecule has 1 aliphatic rings. The van der Waals surface area contributed by atoms with Crippen LogP contribution in [0.4, 0.5) is 0 Å². The van der Waals surface area contributed by atoms with Crippen LogP contribution in [0.5, 0.6) is 0 Å². The van der Waals surface area contributed by atoms with Crippen LogP contribution < -0.4 is 11.1 Å². The fraction of sp³-hybridized carbons (Fsp3) is 0.571. The number of nitrogens with one attached hydrogen (secondary N) is 1. The quantitative estimate of drug-likeness (QED) is 0.761. The molecule has 1 aromatic heterocycles. The maximum Gasteiger partial charge on any atom is 0.269 e. The fourth-order valence-electron chi connectivity index (χ4n) is 2.12. The van der Waals surface area contributed by atoms with Crippen LogP contribution in [0.2, 0.25) is 0 Å². The smallest absolute Gasteiger partial charge is 0.269 e. The van der Waals surface area contributed by atoms with E-state index in [9.17, 15) is 4.79 Å². The first kappa shape index (κ1) is 14.0.